The van der Waals surface area contributed by atoms with Crippen molar-refractivity contribution in [3.05, 3.63) is 63.4 Å². The third-order valence-corrected chi connectivity index (χ3v) is 4.13. The number of rotatable bonds is 4. The smallest absolute Gasteiger partial charge is 0.395 e. The number of aryl methyl sites for hydroxylation is 1. The Bertz CT molecular complexity index is 748. The molecule has 1 amide bonds. The quantitative estimate of drug-likeness (QED) is 0.636. The van der Waals surface area contributed by atoms with Crippen molar-refractivity contribution in [2.45, 2.75) is 13.5 Å². The van der Waals surface area contributed by atoms with Crippen molar-refractivity contribution in [2.24, 2.45) is 0 Å². The van der Waals surface area contributed by atoms with Gasteiger partial charge in [-0.25, -0.2) is 0 Å². The fraction of sp³-hybridized carbons (Fsp3) is 0.353. The highest BCUT2D eigenvalue weighted by atomic mass is 16.6. The van der Waals surface area contributed by atoms with Crippen LogP contribution in [0, 0.1) is 17.0 Å². The van der Waals surface area contributed by atoms with Gasteiger partial charge in [0.2, 0.25) is 0 Å². The number of nitro groups is 1. The second-order valence-corrected chi connectivity index (χ2v) is 5.95. The van der Waals surface area contributed by atoms with Crippen LogP contribution in [0.3, 0.4) is 0 Å². The molecule has 1 fully saturated rings. The number of amides is 1. The second-order valence-electron chi connectivity index (χ2n) is 5.95. The summed E-state index contributed by atoms with van der Waals surface area (Å²) in [4.78, 5) is 26.3. The molecule has 0 saturated carbocycles. The standard InChI is InChI=1S/C17H19N3O4/c1-13-3-2-4-14(11-13)12-18-7-9-19(10-8-18)17(21)15-5-6-16(24-15)20(22)23/h2-6,11H,7-10,12H2,1H3. The van der Waals surface area contributed by atoms with Crippen LogP contribution in [0.2, 0.25) is 0 Å². The number of hydrogen-bond donors (Lipinski definition) is 0. The van der Waals surface area contributed by atoms with E-state index in [0.29, 0.717) is 13.1 Å². The molecule has 0 radical (unpaired) electrons. The van der Waals surface area contributed by atoms with Crippen LogP contribution < -0.4 is 0 Å². The van der Waals surface area contributed by atoms with E-state index in [2.05, 4.69) is 30.0 Å². The molecular weight excluding hydrogens is 310 g/mol. The lowest BCUT2D eigenvalue weighted by molar-refractivity contribution is -0.402. The summed E-state index contributed by atoms with van der Waals surface area (Å²) < 4.78 is 4.99. The molecule has 0 bridgehead atoms. The van der Waals surface area contributed by atoms with Gasteiger partial charge in [0.15, 0.2) is 5.76 Å². The van der Waals surface area contributed by atoms with Crippen molar-refractivity contribution in [1.82, 2.24) is 9.80 Å². The Morgan fingerprint density at radius 3 is 2.58 bits per heavy atom. The maximum absolute atomic E-state index is 12.3. The van der Waals surface area contributed by atoms with Crippen LogP contribution in [0.5, 0.6) is 0 Å². The second kappa shape index (κ2) is 6.84. The molecule has 7 heteroatoms. The molecule has 24 heavy (non-hydrogen) atoms. The lowest BCUT2D eigenvalue weighted by Crippen LogP contribution is -2.48. The van der Waals surface area contributed by atoms with Crippen molar-refractivity contribution in [2.75, 3.05) is 26.2 Å². The molecule has 0 spiro atoms. The summed E-state index contributed by atoms with van der Waals surface area (Å²) in [5, 5.41) is 10.6. The van der Waals surface area contributed by atoms with Gasteiger partial charge in [-0.3, -0.25) is 19.8 Å². The Labute approximate surface area is 139 Å². The molecule has 1 aliphatic heterocycles. The van der Waals surface area contributed by atoms with Crippen LogP contribution in [0.25, 0.3) is 0 Å². The van der Waals surface area contributed by atoms with Crippen molar-refractivity contribution in [1.29, 1.82) is 0 Å². The molecule has 0 N–H and O–H groups in total. The van der Waals surface area contributed by atoms with E-state index in [9.17, 15) is 14.9 Å². The zero-order valence-electron chi connectivity index (χ0n) is 13.5. The fourth-order valence-electron chi connectivity index (χ4n) is 2.87. The highest BCUT2D eigenvalue weighted by Crippen LogP contribution is 2.18. The molecule has 1 saturated heterocycles. The summed E-state index contributed by atoms with van der Waals surface area (Å²) in [7, 11) is 0. The Morgan fingerprint density at radius 1 is 1.21 bits per heavy atom. The zero-order valence-corrected chi connectivity index (χ0v) is 13.5. The minimum atomic E-state index is -0.642. The van der Waals surface area contributed by atoms with Crippen LogP contribution in [-0.4, -0.2) is 46.8 Å². The Balaban J connectivity index is 1.56. The molecule has 7 nitrogen and oxygen atoms in total. The van der Waals surface area contributed by atoms with E-state index in [1.165, 1.54) is 23.3 Å². The largest absolute Gasteiger partial charge is 0.433 e. The molecule has 2 aromatic rings. The van der Waals surface area contributed by atoms with E-state index < -0.39 is 10.8 Å². The molecule has 126 valence electrons. The number of furan rings is 1. The van der Waals surface area contributed by atoms with Gasteiger partial charge in [-0.2, -0.15) is 0 Å². The van der Waals surface area contributed by atoms with Crippen LogP contribution in [0.15, 0.2) is 40.8 Å². The Morgan fingerprint density at radius 2 is 1.96 bits per heavy atom. The molecule has 1 aromatic heterocycles. The summed E-state index contributed by atoms with van der Waals surface area (Å²) >= 11 is 0. The Kier molecular flexibility index (Phi) is 4.61. The predicted molar refractivity (Wildman–Crippen MR) is 87.7 cm³/mol. The fourth-order valence-corrected chi connectivity index (χ4v) is 2.87. The summed E-state index contributed by atoms with van der Waals surface area (Å²) in [6.45, 7) is 5.63. The monoisotopic (exact) mass is 329 g/mol. The van der Waals surface area contributed by atoms with Crippen molar-refractivity contribution < 1.29 is 14.1 Å². The van der Waals surface area contributed by atoms with Crippen molar-refractivity contribution >= 4 is 11.8 Å². The van der Waals surface area contributed by atoms with E-state index in [-0.39, 0.29) is 11.7 Å². The summed E-state index contributed by atoms with van der Waals surface area (Å²) in [6.07, 6.45) is 0. The number of benzene rings is 1. The van der Waals surface area contributed by atoms with Gasteiger partial charge < -0.3 is 9.32 Å². The highest BCUT2D eigenvalue weighted by Gasteiger charge is 2.25. The Hall–Kier alpha value is -2.67. The van der Waals surface area contributed by atoms with Gasteiger partial charge in [0.05, 0.1) is 6.07 Å². The summed E-state index contributed by atoms with van der Waals surface area (Å²) in [5.74, 6) is -0.677. The highest BCUT2D eigenvalue weighted by molar-refractivity contribution is 5.91. The number of carbonyl (C=O) groups is 1. The van der Waals surface area contributed by atoms with Crippen molar-refractivity contribution in [3.63, 3.8) is 0 Å². The topological polar surface area (TPSA) is 79.8 Å². The molecule has 2 heterocycles. The first kappa shape index (κ1) is 16.2. The first-order chi connectivity index (χ1) is 11.5. The molecule has 0 atom stereocenters. The number of hydrogen-bond acceptors (Lipinski definition) is 5. The molecule has 1 aromatic carbocycles. The van der Waals surface area contributed by atoms with E-state index in [0.717, 1.165) is 19.6 Å². The van der Waals surface area contributed by atoms with Crippen LogP contribution in [0.1, 0.15) is 21.7 Å². The molecular formula is C17H19N3O4. The number of nitrogens with zero attached hydrogens (tertiary/aromatic N) is 3. The van der Waals surface area contributed by atoms with Gasteiger partial charge in [-0.15, -0.1) is 0 Å². The number of piperazine rings is 1. The third-order valence-electron chi connectivity index (χ3n) is 4.13. The van der Waals surface area contributed by atoms with E-state index in [1.54, 1.807) is 4.90 Å². The first-order valence-electron chi connectivity index (χ1n) is 7.84. The third kappa shape index (κ3) is 3.62. The average Bonchev–Trinajstić information content (AvgIpc) is 3.05. The zero-order chi connectivity index (χ0) is 17.1. The maximum Gasteiger partial charge on any atom is 0.433 e. The molecule has 1 aliphatic rings. The normalized spacial score (nSPS) is 15.5. The lowest BCUT2D eigenvalue weighted by Gasteiger charge is -2.34. The predicted octanol–water partition coefficient (Wildman–Crippen LogP) is 2.45. The average molecular weight is 329 g/mol. The minimum absolute atomic E-state index is 0.0221. The molecule has 0 unspecified atom stereocenters. The SMILES string of the molecule is Cc1cccc(CN2CCN(C(=O)c3ccc([N+](=O)[O-])o3)CC2)c1. The van der Waals surface area contributed by atoms with Gasteiger partial charge in [0.25, 0.3) is 5.91 Å². The van der Waals surface area contributed by atoms with Gasteiger partial charge >= 0.3 is 5.88 Å². The van der Waals surface area contributed by atoms with Gasteiger partial charge in [0, 0.05) is 32.7 Å². The van der Waals surface area contributed by atoms with Crippen LogP contribution in [0.4, 0.5) is 5.88 Å². The first-order valence-corrected chi connectivity index (χ1v) is 7.84. The van der Waals surface area contributed by atoms with E-state index in [1.807, 2.05) is 6.07 Å². The van der Waals surface area contributed by atoms with Gasteiger partial charge in [-0.05, 0) is 18.6 Å². The van der Waals surface area contributed by atoms with Gasteiger partial charge in [-0.1, -0.05) is 29.8 Å². The van der Waals surface area contributed by atoms with E-state index in [4.69, 9.17) is 4.42 Å². The lowest BCUT2D eigenvalue weighted by atomic mass is 10.1. The summed E-state index contributed by atoms with van der Waals surface area (Å²) in [5.41, 5.74) is 2.50. The molecule has 0 aliphatic carbocycles. The van der Waals surface area contributed by atoms with Crippen molar-refractivity contribution in [3.8, 4) is 0 Å². The van der Waals surface area contributed by atoms with Crippen LogP contribution >= 0.6 is 0 Å². The minimum Gasteiger partial charge on any atom is -0.395 e. The molecule has 3 rings (SSSR count). The summed E-state index contributed by atoms with van der Waals surface area (Å²) in [6, 6.07) is 11.0. The number of carbonyl (C=O) groups excluding carboxylic acids is 1. The van der Waals surface area contributed by atoms with Gasteiger partial charge in [0.1, 0.15) is 4.92 Å². The van der Waals surface area contributed by atoms with E-state index >= 15 is 0 Å². The maximum atomic E-state index is 12.3. The van der Waals surface area contributed by atoms with Crippen LogP contribution in [-0.2, 0) is 6.54 Å².